The first-order valence-corrected chi connectivity index (χ1v) is 13.5. The van der Waals surface area contributed by atoms with Crippen LogP contribution in [0.5, 0.6) is 5.75 Å². The Kier molecular flexibility index (Phi) is 10.1. The standard InChI is InChI=1S/C28H26BrF3N6O4/c29-22-8-3-1-6-19(22)16-27(26(40)37-34-17-28(30,31)32)24(21-7-2-4-9-23(21)36-38-33)42-25(35-27)18-10-12-20(13-11-18)41-15-5-14-39/h1-4,6-13,24,34,39H,5,14-17H2,(H,37,40)/t24-,27-/m0/s1. The van der Waals surface area contributed by atoms with Crippen molar-refractivity contribution in [3.63, 3.8) is 0 Å². The highest BCUT2D eigenvalue weighted by Crippen LogP contribution is 2.46. The predicted molar refractivity (Wildman–Crippen MR) is 152 cm³/mol. The summed E-state index contributed by atoms with van der Waals surface area (Å²) in [6.45, 7) is -1.17. The van der Waals surface area contributed by atoms with Crippen molar-refractivity contribution in [3.8, 4) is 5.75 Å². The molecule has 0 bridgehead atoms. The van der Waals surface area contributed by atoms with Gasteiger partial charge in [-0.1, -0.05) is 63.5 Å². The first-order chi connectivity index (χ1) is 20.2. The van der Waals surface area contributed by atoms with Gasteiger partial charge in [-0.2, -0.15) is 13.2 Å². The number of carbonyl (C=O) groups is 1. The van der Waals surface area contributed by atoms with Crippen LogP contribution < -0.4 is 15.6 Å². The first kappa shape index (κ1) is 30.8. The van der Waals surface area contributed by atoms with E-state index in [2.05, 4.69) is 31.4 Å². The van der Waals surface area contributed by atoms with Crippen LogP contribution in [0.3, 0.4) is 0 Å². The molecule has 0 saturated carbocycles. The van der Waals surface area contributed by atoms with Gasteiger partial charge in [0.05, 0.1) is 6.61 Å². The lowest BCUT2D eigenvalue weighted by Gasteiger charge is -2.31. The van der Waals surface area contributed by atoms with E-state index in [0.717, 1.165) is 0 Å². The molecule has 2 atom stereocenters. The van der Waals surface area contributed by atoms with E-state index < -0.39 is 30.3 Å². The number of aliphatic hydroxyl groups excluding tert-OH is 1. The molecule has 3 N–H and O–H groups in total. The highest BCUT2D eigenvalue weighted by molar-refractivity contribution is 9.10. The number of benzene rings is 3. The van der Waals surface area contributed by atoms with Gasteiger partial charge in [0.25, 0.3) is 5.91 Å². The molecule has 4 rings (SSSR count). The molecule has 220 valence electrons. The van der Waals surface area contributed by atoms with Crippen LogP contribution in [0.1, 0.15) is 29.2 Å². The summed E-state index contributed by atoms with van der Waals surface area (Å²) >= 11 is 3.48. The smallest absolute Gasteiger partial charge is 0.402 e. The van der Waals surface area contributed by atoms with Crippen LogP contribution in [-0.4, -0.2) is 48.4 Å². The van der Waals surface area contributed by atoms with Crippen LogP contribution in [0.2, 0.25) is 0 Å². The van der Waals surface area contributed by atoms with Gasteiger partial charge >= 0.3 is 6.18 Å². The number of rotatable bonds is 12. The topological polar surface area (TPSA) is 141 Å². The fraction of sp³-hybridized carbons (Fsp3) is 0.286. The molecular weight excluding hydrogens is 621 g/mol. The summed E-state index contributed by atoms with van der Waals surface area (Å²) in [4.78, 5) is 21.5. The molecule has 14 heteroatoms. The van der Waals surface area contributed by atoms with Crippen molar-refractivity contribution in [1.29, 1.82) is 0 Å². The van der Waals surface area contributed by atoms with Gasteiger partial charge in [-0.25, -0.2) is 10.4 Å². The summed E-state index contributed by atoms with van der Waals surface area (Å²) < 4.78 is 51.3. The third kappa shape index (κ3) is 7.39. The number of amides is 1. The van der Waals surface area contributed by atoms with Crippen LogP contribution in [-0.2, 0) is 16.0 Å². The number of hydrogen-bond acceptors (Lipinski definition) is 7. The van der Waals surface area contributed by atoms with E-state index >= 15 is 0 Å². The van der Waals surface area contributed by atoms with Crippen molar-refractivity contribution in [2.75, 3.05) is 19.8 Å². The summed E-state index contributed by atoms with van der Waals surface area (Å²) in [6.07, 6.45) is -5.42. The van der Waals surface area contributed by atoms with Crippen LogP contribution in [0, 0.1) is 0 Å². The van der Waals surface area contributed by atoms with Crippen LogP contribution in [0.4, 0.5) is 18.9 Å². The summed E-state index contributed by atoms with van der Waals surface area (Å²) in [6, 6.07) is 20.2. The maximum atomic E-state index is 13.9. The van der Waals surface area contributed by atoms with Gasteiger partial charge in [0.1, 0.15) is 12.3 Å². The largest absolute Gasteiger partial charge is 0.494 e. The Hall–Kier alpha value is -4.10. The molecular formula is C28H26BrF3N6O4. The van der Waals surface area contributed by atoms with Crippen molar-refractivity contribution >= 4 is 33.4 Å². The lowest BCUT2D eigenvalue weighted by atomic mass is 9.81. The maximum Gasteiger partial charge on any atom is 0.402 e. The van der Waals surface area contributed by atoms with Gasteiger partial charge in [-0.3, -0.25) is 10.2 Å². The second-order valence-corrected chi connectivity index (χ2v) is 10.1. The number of halogens is 4. The molecule has 1 aliphatic rings. The normalized spacial score (nSPS) is 18.0. The number of nitrogens with zero attached hydrogens (tertiary/aromatic N) is 4. The third-order valence-corrected chi connectivity index (χ3v) is 7.08. The molecule has 0 saturated heterocycles. The number of aliphatic imine (C=N–C) groups is 1. The van der Waals surface area contributed by atoms with Gasteiger partial charge in [0, 0.05) is 45.6 Å². The maximum absolute atomic E-state index is 13.9. The molecule has 3 aromatic rings. The van der Waals surface area contributed by atoms with Gasteiger partial charge in [0.15, 0.2) is 11.6 Å². The van der Waals surface area contributed by atoms with Gasteiger partial charge in [0.2, 0.25) is 5.90 Å². The molecule has 0 radical (unpaired) electrons. The second-order valence-electron chi connectivity index (χ2n) is 9.23. The molecule has 1 aliphatic heterocycles. The Balaban J connectivity index is 1.83. The van der Waals surface area contributed by atoms with Gasteiger partial charge < -0.3 is 14.6 Å². The highest BCUT2D eigenvalue weighted by Gasteiger charge is 2.54. The van der Waals surface area contributed by atoms with Crippen molar-refractivity contribution in [2.24, 2.45) is 10.1 Å². The summed E-state index contributed by atoms with van der Waals surface area (Å²) in [5.74, 6) is -0.303. The van der Waals surface area contributed by atoms with E-state index in [0.29, 0.717) is 39.9 Å². The number of nitrogens with one attached hydrogen (secondary N) is 2. The molecule has 0 aromatic heterocycles. The lowest BCUT2D eigenvalue weighted by molar-refractivity contribution is -0.136. The minimum absolute atomic E-state index is 0.0130. The van der Waals surface area contributed by atoms with Crippen LogP contribution >= 0.6 is 15.9 Å². The molecule has 0 spiro atoms. The van der Waals surface area contributed by atoms with E-state index in [1.165, 1.54) is 6.07 Å². The number of azide groups is 1. The predicted octanol–water partition coefficient (Wildman–Crippen LogP) is 5.83. The van der Waals surface area contributed by atoms with E-state index in [1.54, 1.807) is 66.7 Å². The quantitative estimate of drug-likeness (QED) is 0.0746. The number of aliphatic hydroxyl groups is 1. The van der Waals surface area contributed by atoms with Crippen molar-refractivity contribution in [3.05, 3.63) is 104 Å². The average molecular weight is 647 g/mol. The molecule has 3 aromatic carbocycles. The van der Waals surface area contributed by atoms with Crippen molar-refractivity contribution in [1.82, 2.24) is 10.9 Å². The fourth-order valence-corrected chi connectivity index (χ4v) is 4.80. The van der Waals surface area contributed by atoms with Crippen molar-refractivity contribution in [2.45, 2.75) is 30.7 Å². The molecule has 0 fully saturated rings. The van der Waals surface area contributed by atoms with E-state index in [-0.39, 0.29) is 24.6 Å². The Labute approximate surface area is 247 Å². The Morgan fingerprint density at radius 3 is 2.55 bits per heavy atom. The molecule has 0 aliphatic carbocycles. The van der Waals surface area contributed by atoms with E-state index in [4.69, 9.17) is 19.6 Å². The Bertz CT molecular complexity index is 1480. The fourth-order valence-electron chi connectivity index (χ4n) is 4.37. The zero-order valence-electron chi connectivity index (χ0n) is 22.0. The monoisotopic (exact) mass is 646 g/mol. The average Bonchev–Trinajstić information content (AvgIpc) is 3.35. The molecule has 10 nitrogen and oxygen atoms in total. The summed E-state index contributed by atoms with van der Waals surface area (Å²) in [5.41, 5.74) is 13.1. The van der Waals surface area contributed by atoms with E-state index in [1.807, 2.05) is 5.43 Å². The number of carbonyl (C=O) groups excluding carboxylic acids is 1. The number of alkyl halides is 3. The second kappa shape index (κ2) is 13.7. The number of ether oxygens (including phenoxy) is 2. The minimum atomic E-state index is -4.59. The zero-order valence-corrected chi connectivity index (χ0v) is 23.6. The molecule has 42 heavy (non-hydrogen) atoms. The number of hydrazine groups is 1. The minimum Gasteiger partial charge on any atom is -0.494 e. The van der Waals surface area contributed by atoms with Gasteiger partial charge in [-0.15, -0.1) is 0 Å². The Morgan fingerprint density at radius 2 is 1.86 bits per heavy atom. The zero-order chi connectivity index (χ0) is 30.2. The molecule has 1 heterocycles. The highest BCUT2D eigenvalue weighted by atomic mass is 79.9. The van der Waals surface area contributed by atoms with Crippen molar-refractivity contribution < 1.29 is 32.5 Å². The third-order valence-electron chi connectivity index (χ3n) is 6.31. The first-order valence-electron chi connectivity index (χ1n) is 12.7. The van der Waals surface area contributed by atoms with Crippen LogP contribution in [0.15, 0.2) is 87.4 Å². The lowest BCUT2D eigenvalue weighted by Crippen LogP contribution is -2.55. The number of hydrogen-bond donors (Lipinski definition) is 3. The van der Waals surface area contributed by atoms with Gasteiger partial charge in [-0.05, 0) is 41.4 Å². The molecule has 1 amide bonds. The van der Waals surface area contributed by atoms with Crippen LogP contribution in [0.25, 0.3) is 10.4 Å². The SMILES string of the molecule is [N-]=[N+]=Nc1ccccc1[C@@H]1OC(c2ccc(OCCCO)cc2)=N[C@]1(Cc1ccccc1Br)C(=O)NNCC(F)(F)F. The summed E-state index contributed by atoms with van der Waals surface area (Å²) in [7, 11) is 0. The Morgan fingerprint density at radius 1 is 1.14 bits per heavy atom. The molecule has 0 unspecified atom stereocenters. The van der Waals surface area contributed by atoms with E-state index in [9.17, 15) is 23.5 Å². The summed E-state index contributed by atoms with van der Waals surface area (Å²) in [5, 5.41) is 12.7.